The number of rotatable bonds is 4. The summed E-state index contributed by atoms with van der Waals surface area (Å²) < 4.78 is 32.8. The van der Waals surface area contributed by atoms with Gasteiger partial charge in [0.15, 0.2) is 5.82 Å². The summed E-state index contributed by atoms with van der Waals surface area (Å²) in [7, 11) is 0. The van der Waals surface area contributed by atoms with Crippen LogP contribution in [0.4, 0.5) is 14.5 Å². The van der Waals surface area contributed by atoms with Crippen LogP contribution in [-0.2, 0) is 5.60 Å². The Balaban J connectivity index is 1.92. The zero-order valence-electron chi connectivity index (χ0n) is 13.7. The molecule has 4 nitrogen and oxygen atoms in total. The fraction of sp³-hybridized carbons (Fsp3) is 0.278. The maximum absolute atomic E-state index is 13.8. The Morgan fingerprint density at radius 3 is 2.67 bits per heavy atom. The van der Waals surface area contributed by atoms with Crippen molar-refractivity contribution >= 4 is 16.6 Å². The third-order valence-electron chi connectivity index (χ3n) is 4.01. The first-order valence-electron chi connectivity index (χ1n) is 7.55. The van der Waals surface area contributed by atoms with E-state index in [1.165, 1.54) is 12.3 Å². The van der Waals surface area contributed by atoms with Crippen LogP contribution >= 0.6 is 0 Å². The van der Waals surface area contributed by atoms with Crippen LogP contribution in [-0.4, -0.2) is 16.6 Å². The first-order chi connectivity index (χ1) is 11.3. The molecular formula is C18H18F2N2O2. The lowest BCUT2D eigenvalue weighted by Gasteiger charge is -2.24. The molecule has 0 amide bonds. The van der Waals surface area contributed by atoms with Gasteiger partial charge in [0, 0.05) is 35.4 Å². The molecule has 0 aliphatic heterocycles. The van der Waals surface area contributed by atoms with Crippen molar-refractivity contribution in [1.29, 1.82) is 0 Å². The van der Waals surface area contributed by atoms with E-state index < -0.39 is 17.2 Å². The zero-order chi connectivity index (χ0) is 17.5. The van der Waals surface area contributed by atoms with E-state index in [0.29, 0.717) is 28.2 Å². The zero-order valence-corrected chi connectivity index (χ0v) is 13.7. The van der Waals surface area contributed by atoms with Gasteiger partial charge in [-0.05, 0) is 39.0 Å². The fourth-order valence-electron chi connectivity index (χ4n) is 2.86. The van der Waals surface area contributed by atoms with Gasteiger partial charge >= 0.3 is 0 Å². The summed E-state index contributed by atoms with van der Waals surface area (Å²) in [6.45, 7) is 5.39. The van der Waals surface area contributed by atoms with Gasteiger partial charge in [-0.15, -0.1) is 0 Å². The van der Waals surface area contributed by atoms with Crippen molar-refractivity contribution in [3.8, 4) is 0 Å². The van der Waals surface area contributed by atoms with Crippen LogP contribution in [0.2, 0.25) is 0 Å². The number of pyridine rings is 1. The van der Waals surface area contributed by atoms with Crippen molar-refractivity contribution < 1.29 is 18.3 Å². The molecule has 3 rings (SSSR count). The van der Waals surface area contributed by atoms with Crippen LogP contribution in [0.1, 0.15) is 24.0 Å². The second-order valence-corrected chi connectivity index (χ2v) is 6.10. The van der Waals surface area contributed by atoms with Crippen LogP contribution in [0.5, 0.6) is 0 Å². The van der Waals surface area contributed by atoms with E-state index in [-0.39, 0.29) is 12.1 Å². The SMILES string of the molecule is Cc1cc(C(C)(O)CNc2ccnc3c(F)cc(F)cc23)c(C)o1. The van der Waals surface area contributed by atoms with Gasteiger partial charge in [-0.2, -0.15) is 0 Å². The predicted octanol–water partition coefficient (Wildman–Crippen LogP) is 4.04. The highest BCUT2D eigenvalue weighted by Gasteiger charge is 2.27. The quantitative estimate of drug-likeness (QED) is 0.757. The van der Waals surface area contributed by atoms with Gasteiger partial charge in [0.25, 0.3) is 0 Å². The Morgan fingerprint density at radius 2 is 2.00 bits per heavy atom. The minimum absolute atomic E-state index is 0.0800. The molecule has 2 heterocycles. The Hall–Kier alpha value is -2.47. The van der Waals surface area contributed by atoms with Gasteiger partial charge < -0.3 is 14.8 Å². The van der Waals surface area contributed by atoms with Crippen LogP contribution in [0, 0.1) is 25.5 Å². The van der Waals surface area contributed by atoms with Crippen molar-refractivity contribution in [2.45, 2.75) is 26.4 Å². The third-order valence-corrected chi connectivity index (χ3v) is 4.01. The summed E-state index contributed by atoms with van der Waals surface area (Å²) in [5.41, 5.74) is 0.0414. The molecule has 126 valence electrons. The molecule has 0 radical (unpaired) electrons. The molecule has 1 atom stereocenters. The number of aromatic nitrogens is 1. The molecule has 24 heavy (non-hydrogen) atoms. The molecule has 0 aliphatic rings. The molecule has 1 unspecified atom stereocenters. The fourth-order valence-corrected chi connectivity index (χ4v) is 2.86. The van der Waals surface area contributed by atoms with E-state index in [9.17, 15) is 13.9 Å². The number of nitrogens with zero attached hydrogens (tertiary/aromatic N) is 1. The normalized spacial score (nSPS) is 13.9. The summed E-state index contributed by atoms with van der Waals surface area (Å²) >= 11 is 0. The second-order valence-electron chi connectivity index (χ2n) is 6.10. The van der Waals surface area contributed by atoms with Gasteiger partial charge in [0.1, 0.15) is 28.5 Å². The topological polar surface area (TPSA) is 58.3 Å². The van der Waals surface area contributed by atoms with Crippen LogP contribution in [0.3, 0.4) is 0 Å². The van der Waals surface area contributed by atoms with Gasteiger partial charge in [0.2, 0.25) is 0 Å². The minimum Gasteiger partial charge on any atom is -0.466 e. The maximum Gasteiger partial charge on any atom is 0.152 e. The van der Waals surface area contributed by atoms with E-state index in [4.69, 9.17) is 4.42 Å². The molecular weight excluding hydrogens is 314 g/mol. The number of furan rings is 1. The Labute approximate surface area is 138 Å². The number of nitrogens with one attached hydrogen (secondary N) is 1. The van der Waals surface area contributed by atoms with Crippen molar-refractivity contribution in [2.75, 3.05) is 11.9 Å². The number of anilines is 1. The van der Waals surface area contributed by atoms with Crippen LogP contribution in [0.25, 0.3) is 10.9 Å². The number of aliphatic hydroxyl groups is 1. The molecule has 2 aromatic heterocycles. The smallest absolute Gasteiger partial charge is 0.152 e. The van der Waals surface area contributed by atoms with Crippen LogP contribution in [0.15, 0.2) is 34.9 Å². The predicted molar refractivity (Wildman–Crippen MR) is 87.9 cm³/mol. The van der Waals surface area contributed by atoms with Gasteiger partial charge in [0.05, 0.1) is 0 Å². The lowest BCUT2D eigenvalue weighted by molar-refractivity contribution is 0.0700. The second kappa shape index (κ2) is 5.87. The Bertz CT molecular complexity index is 903. The van der Waals surface area contributed by atoms with Gasteiger partial charge in [-0.25, -0.2) is 8.78 Å². The summed E-state index contributed by atoms with van der Waals surface area (Å²) in [5, 5.41) is 14.1. The number of halogens is 2. The molecule has 0 aliphatic carbocycles. The molecule has 0 saturated heterocycles. The molecule has 3 aromatic rings. The maximum atomic E-state index is 13.8. The van der Waals surface area contributed by atoms with E-state index >= 15 is 0 Å². The van der Waals surface area contributed by atoms with Gasteiger partial charge in [-0.1, -0.05) is 0 Å². The largest absolute Gasteiger partial charge is 0.466 e. The lowest BCUT2D eigenvalue weighted by atomic mass is 9.96. The standard InChI is InChI=1S/C18H18F2N2O2/c1-10-6-14(11(2)24-10)18(3,23)9-22-16-4-5-21-17-13(16)7-12(19)8-15(17)20/h4-8,23H,9H2,1-3H3,(H,21,22). The van der Waals surface area contributed by atoms with Crippen LogP contribution < -0.4 is 5.32 Å². The Kier molecular flexibility index (Phi) is 4.01. The van der Waals surface area contributed by atoms with E-state index in [2.05, 4.69) is 10.3 Å². The summed E-state index contributed by atoms with van der Waals surface area (Å²) in [6, 6.07) is 5.41. The highest BCUT2D eigenvalue weighted by molar-refractivity contribution is 5.91. The molecule has 0 bridgehead atoms. The number of hydrogen-bond acceptors (Lipinski definition) is 4. The molecule has 6 heteroatoms. The van der Waals surface area contributed by atoms with Gasteiger partial charge in [-0.3, -0.25) is 4.98 Å². The highest BCUT2D eigenvalue weighted by atomic mass is 19.1. The molecule has 0 saturated carbocycles. The molecule has 0 fully saturated rings. The van der Waals surface area contributed by atoms with Crippen molar-refractivity contribution in [3.63, 3.8) is 0 Å². The van der Waals surface area contributed by atoms with E-state index in [1.807, 2.05) is 6.92 Å². The number of aryl methyl sites for hydroxylation is 2. The summed E-state index contributed by atoms with van der Waals surface area (Å²) in [6.07, 6.45) is 1.44. The lowest BCUT2D eigenvalue weighted by Crippen LogP contribution is -2.31. The minimum atomic E-state index is -1.21. The first kappa shape index (κ1) is 16.4. The Morgan fingerprint density at radius 1 is 1.25 bits per heavy atom. The molecule has 2 N–H and O–H groups in total. The highest BCUT2D eigenvalue weighted by Crippen LogP contribution is 2.29. The summed E-state index contributed by atoms with van der Waals surface area (Å²) in [5.74, 6) is -0.0527. The van der Waals surface area contributed by atoms with Crippen molar-refractivity contribution in [2.24, 2.45) is 0 Å². The third kappa shape index (κ3) is 2.97. The summed E-state index contributed by atoms with van der Waals surface area (Å²) in [4.78, 5) is 3.94. The first-order valence-corrected chi connectivity index (χ1v) is 7.55. The monoisotopic (exact) mass is 332 g/mol. The number of hydrogen-bond donors (Lipinski definition) is 2. The molecule has 0 spiro atoms. The average Bonchev–Trinajstić information content (AvgIpc) is 2.85. The number of benzene rings is 1. The van der Waals surface area contributed by atoms with Crippen molar-refractivity contribution in [1.82, 2.24) is 4.98 Å². The number of fused-ring (bicyclic) bond motifs is 1. The average molecular weight is 332 g/mol. The van der Waals surface area contributed by atoms with E-state index in [0.717, 1.165) is 6.07 Å². The van der Waals surface area contributed by atoms with Crippen molar-refractivity contribution in [3.05, 3.63) is 59.2 Å². The molecule has 1 aromatic carbocycles. The van der Waals surface area contributed by atoms with E-state index in [1.54, 1.807) is 26.0 Å².